The molecule has 4 rings (SSSR count). The van der Waals surface area contributed by atoms with Gasteiger partial charge in [0.25, 0.3) is 5.56 Å². The van der Waals surface area contributed by atoms with Gasteiger partial charge in [-0.1, -0.05) is 30.3 Å². The Bertz CT molecular complexity index is 1040. The number of carbonyl (C=O) groups excluding carboxylic acids is 1. The van der Waals surface area contributed by atoms with E-state index in [1.54, 1.807) is 4.90 Å². The van der Waals surface area contributed by atoms with Crippen LogP contribution in [0.1, 0.15) is 24.0 Å². The molecule has 2 aromatic rings. The van der Waals surface area contributed by atoms with Gasteiger partial charge in [0.15, 0.2) is 0 Å². The number of aliphatic hydroxyl groups is 1. The molecule has 2 unspecified atom stereocenters. The molecule has 9 nitrogen and oxygen atoms in total. The highest BCUT2D eigenvalue weighted by atomic mass is 16.6. The molecule has 2 aliphatic rings. The summed E-state index contributed by atoms with van der Waals surface area (Å²) in [5.41, 5.74) is 0.443. The average Bonchev–Trinajstić information content (AvgIpc) is 3.14. The Kier molecular flexibility index (Phi) is 5.22. The number of aromatic amines is 2. The summed E-state index contributed by atoms with van der Waals surface area (Å²) in [6.45, 7) is 1.25. The fourth-order valence-electron chi connectivity index (χ4n) is 3.71. The molecule has 1 fully saturated rings. The van der Waals surface area contributed by atoms with E-state index in [1.165, 1.54) is 6.08 Å². The highest BCUT2D eigenvalue weighted by Gasteiger charge is 2.31. The van der Waals surface area contributed by atoms with Gasteiger partial charge in [0.1, 0.15) is 12.2 Å². The van der Waals surface area contributed by atoms with Crippen LogP contribution in [0.3, 0.4) is 0 Å². The first-order valence-corrected chi connectivity index (χ1v) is 9.37. The predicted octanol–water partition coefficient (Wildman–Crippen LogP) is 1.21. The van der Waals surface area contributed by atoms with Crippen LogP contribution in [0.2, 0.25) is 0 Å². The van der Waals surface area contributed by atoms with E-state index in [-0.39, 0.29) is 30.1 Å². The zero-order valence-corrected chi connectivity index (χ0v) is 15.6. The highest BCUT2D eigenvalue weighted by Crippen LogP contribution is 2.33. The first-order chi connectivity index (χ1) is 14.0. The van der Waals surface area contributed by atoms with Crippen molar-refractivity contribution in [2.24, 2.45) is 5.92 Å². The third-order valence-corrected chi connectivity index (χ3v) is 5.07. The van der Waals surface area contributed by atoms with Gasteiger partial charge in [-0.2, -0.15) is 0 Å². The van der Waals surface area contributed by atoms with Gasteiger partial charge in [-0.15, -0.1) is 0 Å². The van der Waals surface area contributed by atoms with E-state index in [2.05, 4.69) is 9.97 Å². The number of benzene rings is 1. The maximum Gasteiger partial charge on any atom is 0.410 e. The van der Waals surface area contributed by atoms with Gasteiger partial charge in [-0.05, 0) is 36.0 Å². The maximum absolute atomic E-state index is 12.3. The van der Waals surface area contributed by atoms with Crippen LogP contribution in [0.15, 0.2) is 46.0 Å². The molecule has 1 amide bonds. The predicted molar refractivity (Wildman–Crippen MR) is 103 cm³/mol. The number of aromatic nitrogens is 2. The molecule has 0 radical (unpaired) electrons. The number of hydrogen-bond acceptors (Lipinski definition) is 6. The minimum Gasteiger partial charge on any atom is -0.445 e. The zero-order chi connectivity index (χ0) is 20.4. The van der Waals surface area contributed by atoms with Crippen LogP contribution in [0.25, 0.3) is 5.57 Å². The second-order valence-electron chi connectivity index (χ2n) is 7.16. The summed E-state index contributed by atoms with van der Waals surface area (Å²) >= 11 is 0. The van der Waals surface area contributed by atoms with E-state index in [9.17, 15) is 19.5 Å². The summed E-state index contributed by atoms with van der Waals surface area (Å²) in [5, 5.41) is 9.88. The van der Waals surface area contributed by atoms with Crippen LogP contribution in [0.5, 0.6) is 5.88 Å². The molecular formula is C20H21N3O6. The van der Waals surface area contributed by atoms with Crippen molar-refractivity contribution >= 4 is 11.7 Å². The van der Waals surface area contributed by atoms with E-state index in [0.717, 1.165) is 12.0 Å². The van der Waals surface area contributed by atoms with Gasteiger partial charge in [0.05, 0.1) is 0 Å². The molecule has 2 atom stereocenters. The largest absolute Gasteiger partial charge is 0.445 e. The SMILES string of the molecule is O=C(OCc1ccccc1)N1CCC(CC2=CC(O)Oc3[nH]c(=O)[nH]c(=O)c32)C1. The summed E-state index contributed by atoms with van der Waals surface area (Å²) in [4.78, 5) is 42.2. The molecule has 2 aliphatic heterocycles. The first-order valence-electron chi connectivity index (χ1n) is 9.37. The quantitative estimate of drug-likeness (QED) is 0.710. The summed E-state index contributed by atoms with van der Waals surface area (Å²) in [6, 6.07) is 9.46. The van der Waals surface area contributed by atoms with E-state index < -0.39 is 17.5 Å². The van der Waals surface area contributed by atoms with Crippen LogP contribution in [-0.4, -0.2) is 45.4 Å². The third-order valence-electron chi connectivity index (χ3n) is 5.07. The molecule has 1 aromatic carbocycles. The fraction of sp³-hybridized carbons (Fsp3) is 0.350. The maximum atomic E-state index is 12.3. The zero-order valence-electron chi connectivity index (χ0n) is 15.6. The van der Waals surface area contributed by atoms with Gasteiger partial charge in [0.2, 0.25) is 12.2 Å². The van der Waals surface area contributed by atoms with E-state index in [4.69, 9.17) is 9.47 Å². The summed E-state index contributed by atoms with van der Waals surface area (Å²) in [6.07, 6.45) is 1.03. The first kappa shape index (κ1) is 19.0. The van der Waals surface area contributed by atoms with Crippen LogP contribution in [-0.2, 0) is 11.3 Å². The monoisotopic (exact) mass is 399 g/mol. The molecule has 9 heteroatoms. The minimum atomic E-state index is -1.25. The smallest absolute Gasteiger partial charge is 0.410 e. The molecule has 1 saturated heterocycles. The summed E-state index contributed by atoms with van der Waals surface area (Å²) in [5.74, 6) is 0.0517. The van der Waals surface area contributed by atoms with Gasteiger partial charge < -0.3 is 19.5 Å². The lowest BCUT2D eigenvalue weighted by atomic mass is 9.93. The van der Waals surface area contributed by atoms with Crippen molar-refractivity contribution in [2.45, 2.75) is 25.7 Å². The van der Waals surface area contributed by atoms with Crippen molar-refractivity contribution in [3.63, 3.8) is 0 Å². The van der Waals surface area contributed by atoms with Crippen molar-refractivity contribution in [3.8, 4) is 5.88 Å². The van der Waals surface area contributed by atoms with Gasteiger partial charge in [-0.25, -0.2) is 9.59 Å². The lowest BCUT2D eigenvalue weighted by molar-refractivity contribution is 0.0180. The number of allylic oxidation sites excluding steroid dienone is 1. The molecule has 152 valence electrons. The molecular weight excluding hydrogens is 378 g/mol. The molecule has 0 spiro atoms. The number of nitrogens with one attached hydrogen (secondary N) is 2. The minimum absolute atomic E-state index is 0.0409. The van der Waals surface area contributed by atoms with Gasteiger partial charge in [-0.3, -0.25) is 14.8 Å². The Labute approximate surface area is 165 Å². The number of rotatable bonds is 4. The number of nitrogens with zero attached hydrogens (tertiary/aromatic N) is 1. The normalized spacial score (nSPS) is 20.6. The number of hydrogen-bond donors (Lipinski definition) is 3. The van der Waals surface area contributed by atoms with Crippen LogP contribution in [0.4, 0.5) is 4.79 Å². The molecule has 0 bridgehead atoms. The van der Waals surface area contributed by atoms with E-state index in [0.29, 0.717) is 25.1 Å². The summed E-state index contributed by atoms with van der Waals surface area (Å²) < 4.78 is 10.5. The number of ether oxygens (including phenoxy) is 2. The second kappa shape index (κ2) is 7.96. The van der Waals surface area contributed by atoms with E-state index >= 15 is 0 Å². The molecule has 3 heterocycles. The Morgan fingerprint density at radius 2 is 2.03 bits per heavy atom. The van der Waals surface area contributed by atoms with Gasteiger partial charge in [0, 0.05) is 13.1 Å². The average molecular weight is 399 g/mol. The number of likely N-dealkylation sites (tertiary alicyclic amines) is 1. The van der Waals surface area contributed by atoms with Crippen molar-refractivity contribution in [3.05, 3.63) is 68.4 Å². The number of aliphatic hydroxyl groups excluding tert-OH is 1. The van der Waals surface area contributed by atoms with Crippen LogP contribution < -0.4 is 16.0 Å². The molecule has 1 aromatic heterocycles. The lowest BCUT2D eigenvalue weighted by Crippen LogP contribution is -2.32. The second-order valence-corrected chi connectivity index (χ2v) is 7.16. The summed E-state index contributed by atoms with van der Waals surface area (Å²) in [7, 11) is 0. The lowest BCUT2D eigenvalue weighted by Gasteiger charge is -2.22. The number of fused-ring (bicyclic) bond motifs is 1. The number of carbonyl (C=O) groups is 1. The number of H-pyrrole nitrogens is 2. The molecule has 29 heavy (non-hydrogen) atoms. The highest BCUT2D eigenvalue weighted by molar-refractivity contribution is 5.71. The van der Waals surface area contributed by atoms with Crippen molar-refractivity contribution in [1.82, 2.24) is 14.9 Å². The van der Waals surface area contributed by atoms with Crippen molar-refractivity contribution < 1.29 is 19.4 Å². The Morgan fingerprint density at radius 1 is 1.24 bits per heavy atom. The van der Waals surface area contributed by atoms with Crippen molar-refractivity contribution in [2.75, 3.05) is 13.1 Å². The Morgan fingerprint density at radius 3 is 2.83 bits per heavy atom. The molecule has 0 saturated carbocycles. The van der Waals surface area contributed by atoms with Crippen LogP contribution >= 0.6 is 0 Å². The van der Waals surface area contributed by atoms with Gasteiger partial charge >= 0.3 is 11.8 Å². The Hall–Kier alpha value is -3.33. The molecule has 3 N–H and O–H groups in total. The standard InChI is InChI=1S/C20H21N3O6/c24-15-9-14(16-17(25)21-19(26)22-18(16)29-15)8-13-6-7-23(10-13)20(27)28-11-12-4-2-1-3-5-12/h1-5,9,13,15,24H,6-8,10-11H2,(H2,21,22,25,26). The van der Waals surface area contributed by atoms with E-state index in [1.807, 2.05) is 30.3 Å². The third kappa shape index (κ3) is 4.24. The topological polar surface area (TPSA) is 125 Å². The van der Waals surface area contributed by atoms with Crippen LogP contribution in [0, 0.1) is 5.92 Å². The molecule has 0 aliphatic carbocycles. The number of amides is 1. The van der Waals surface area contributed by atoms with Crippen molar-refractivity contribution in [1.29, 1.82) is 0 Å². The Balaban J connectivity index is 1.40. The fourth-order valence-corrected chi connectivity index (χ4v) is 3.71.